The van der Waals surface area contributed by atoms with Gasteiger partial charge in [-0.2, -0.15) is 4.98 Å². The summed E-state index contributed by atoms with van der Waals surface area (Å²) in [5, 5.41) is 13.6. The highest BCUT2D eigenvalue weighted by Crippen LogP contribution is 2.17. The zero-order valence-corrected chi connectivity index (χ0v) is 16.5. The molecule has 2 heterocycles. The van der Waals surface area contributed by atoms with Crippen LogP contribution < -0.4 is 27.0 Å². The smallest absolute Gasteiger partial charge is 0.329 e. The third kappa shape index (κ3) is 4.66. The fourth-order valence-electron chi connectivity index (χ4n) is 2.94. The van der Waals surface area contributed by atoms with Gasteiger partial charge in [0.1, 0.15) is 18.5 Å². The molecule has 2 aromatic heterocycles. The van der Waals surface area contributed by atoms with Gasteiger partial charge < -0.3 is 25.5 Å². The fourth-order valence-corrected chi connectivity index (χ4v) is 2.94. The molecule has 10 nitrogen and oxygen atoms in total. The quantitative estimate of drug-likeness (QED) is 0.367. The van der Waals surface area contributed by atoms with Crippen molar-refractivity contribution in [2.45, 2.75) is 26.0 Å². The number of ether oxygens (including phenoxy) is 1. The number of aliphatic hydroxyl groups is 1. The average molecular weight is 402 g/mol. The van der Waals surface area contributed by atoms with Crippen molar-refractivity contribution >= 4 is 17.1 Å². The molecule has 0 aliphatic carbocycles. The van der Waals surface area contributed by atoms with Crippen LogP contribution in [0.1, 0.15) is 12.0 Å². The summed E-state index contributed by atoms with van der Waals surface area (Å²) < 4.78 is 8.46. The second-order valence-electron chi connectivity index (χ2n) is 6.88. The fraction of sp³-hybridized carbons (Fsp3) is 0.421. The Morgan fingerprint density at radius 1 is 1.31 bits per heavy atom. The highest BCUT2D eigenvalue weighted by atomic mass is 16.5. The Morgan fingerprint density at radius 2 is 2.03 bits per heavy atom. The Hall–Kier alpha value is -3.11. The number of aromatic amines is 1. The average Bonchev–Trinajstić information content (AvgIpc) is 3.05. The maximum Gasteiger partial charge on any atom is 0.329 e. The SMILES string of the molecule is Cc1ccc(OC[C@@H](O)Cn2c(NCCCN)nc3c2c(=O)[nH]c(=O)n3C)cc1. The minimum absolute atomic E-state index is 0.0364. The molecule has 0 aliphatic heterocycles. The second kappa shape index (κ2) is 8.93. The van der Waals surface area contributed by atoms with E-state index < -0.39 is 17.4 Å². The van der Waals surface area contributed by atoms with Crippen molar-refractivity contribution in [1.82, 2.24) is 19.1 Å². The number of aliphatic hydroxyl groups excluding tert-OH is 1. The van der Waals surface area contributed by atoms with Crippen molar-refractivity contribution in [2.24, 2.45) is 12.8 Å². The molecule has 0 aliphatic rings. The van der Waals surface area contributed by atoms with Gasteiger partial charge in [-0.1, -0.05) is 17.7 Å². The monoisotopic (exact) mass is 402 g/mol. The van der Waals surface area contributed by atoms with E-state index in [1.165, 1.54) is 11.6 Å². The molecule has 0 unspecified atom stereocenters. The van der Waals surface area contributed by atoms with E-state index in [-0.39, 0.29) is 24.3 Å². The maximum atomic E-state index is 12.4. The molecule has 0 saturated heterocycles. The summed E-state index contributed by atoms with van der Waals surface area (Å²) in [5.41, 5.74) is 5.98. The lowest BCUT2D eigenvalue weighted by Gasteiger charge is -2.16. The van der Waals surface area contributed by atoms with E-state index in [1.54, 1.807) is 4.57 Å². The Labute approximate surface area is 166 Å². The van der Waals surface area contributed by atoms with Gasteiger partial charge in [-0.05, 0) is 32.0 Å². The number of aryl methyl sites for hydroxylation is 2. The van der Waals surface area contributed by atoms with Gasteiger partial charge in [-0.3, -0.25) is 14.3 Å². The summed E-state index contributed by atoms with van der Waals surface area (Å²) >= 11 is 0. The number of benzene rings is 1. The van der Waals surface area contributed by atoms with E-state index in [9.17, 15) is 14.7 Å². The van der Waals surface area contributed by atoms with Crippen LogP contribution in [0.3, 0.4) is 0 Å². The summed E-state index contributed by atoms with van der Waals surface area (Å²) in [5.74, 6) is 1.03. The molecule has 3 aromatic rings. The predicted molar refractivity (Wildman–Crippen MR) is 110 cm³/mol. The number of hydrogen-bond acceptors (Lipinski definition) is 7. The number of fused-ring (bicyclic) bond motifs is 1. The van der Waals surface area contributed by atoms with Gasteiger partial charge in [0, 0.05) is 13.6 Å². The number of nitrogens with two attached hydrogens (primary N) is 1. The molecule has 156 valence electrons. The Kier molecular flexibility index (Phi) is 6.35. The van der Waals surface area contributed by atoms with Crippen molar-refractivity contribution in [3.05, 3.63) is 50.7 Å². The first-order valence-corrected chi connectivity index (χ1v) is 9.41. The molecule has 1 aromatic carbocycles. The minimum atomic E-state index is -0.902. The molecule has 1 atom stereocenters. The summed E-state index contributed by atoms with van der Waals surface area (Å²) in [6.07, 6.45) is -0.196. The summed E-state index contributed by atoms with van der Waals surface area (Å²) in [6, 6.07) is 7.50. The third-order valence-corrected chi connectivity index (χ3v) is 4.53. The van der Waals surface area contributed by atoms with Crippen LogP contribution in [0.4, 0.5) is 5.95 Å². The molecule has 0 bridgehead atoms. The summed E-state index contributed by atoms with van der Waals surface area (Å²) in [6.45, 7) is 3.12. The van der Waals surface area contributed by atoms with Crippen molar-refractivity contribution < 1.29 is 9.84 Å². The molecule has 5 N–H and O–H groups in total. The van der Waals surface area contributed by atoms with Crippen LogP contribution in [-0.2, 0) is 13.6 Å². The van der Waals surface area contributed by atoms with Crippen molar-refractivity contribution in [2.75, 3.05) is 25.0 Å². The molecule has 0 spiro atoms. The van der Waals surface area contributed by atoms with Crippen molar-refractivity contribution in [3.63, 3.8) is 0 Å². The summed E-state index contributed by atoms with van der Waals surface area (Å²) in [4.78, 5) is 31.0. The number of aromatic nitrogens is 4. The lowest BCUT2D eigenvalue weighted by Crippen LogP contribution is -2.31. The highest BCUT2D eigenvalue weighted by Gasteiger charge is 2.19. The van der Waals surface area contributed by atoms with Gasteiger partial charge in [-0.25, -0.2) is 4.79 Å². The van der Waals surface area contributed by atoms with E-state index in [1.807, 2.05) is 31.2 Å². The van der Waals surface area contributed by atoms with E-state index in [4.69, 9.17) is 10.5 Å². The summed E-state index contributed by atoms with van der Waals surface area (Å²) in [7, 11) is 1.53. The highest BCUT2D eigenvalue weighted by molar-refractivity contribution is 5.74. The number of anilines is 1. The Bertz CT molecular complexity index is 1080. The molecule has 0 saturated carbocycles. The number of H-pyrrole nitrogens is 1. The molecular formula is C19H26N6O4. The van der Waals surface area contributed by atoms with E-state index in [0.717, 1.165) is 5.56 Å². The lowest BCUT2D eigenvalue weighted by atomic mass is 10.2. The van der Waals surface area contributed by atoms with Crippen LogP contribution in [0.15, 0.2) is 33.9 Å². The normalized spacial score (nSPS) is 12.3. The third-order valence-electron chi connectivity index (χ3n) is 4.53. The van der Waals surface area contributed by atoms with Gasteiger partial charge in [0.15, 0.2) is 11.2 Å². The number of nitrogens with zero attached hydrogens (tertiary/aromatic N) is 3. The van der Waals surface area contributed by atoms with Crippen LogP contribution in [0.2, 0.25) is 0 Å². The van der Waals surface area contributed by atoms with Crippen LogP contribution >= 0.6 is 0 Å². The predicted octanol–water partition coefficient (Wildman–Crippen LogP) is -0.0677. The molecule has 29 heavy (non-hydrogen) atoms. The van der Waals surface area contributed by atoms with E-state index in [0.29, 0.717) is 31.2 Å². The van der Waals surface area contributed by atoms with Crippen LogP contribution in [0.25, 0.3) is 11.2 Å². The molecule has 3 rings (SSSR count). The van der Waals surface area contributed by atoms with E-state index in [2.05, 4.69) is 15.3 Å². The number of imidazole rings is 1. The zero-order chi connectivity index (χ0) is 21.0. The van der Waals surface area contributed by atoms with Crippen LogP contribution in [-0.4, -0.2) is 50.0 Å². The van der Waals surface area contributed by atoms with Crippen LogP contribution in [0.5, 0.6) is 5.75 Å². The molecule has 0 amide bonds. The van der Waals surface area contributed by atoms with Gasteiger partial charge in [0.2, 0.25) is 5.95 Å². The number of hydrogen-bond donors (Lipinski definition) is 4. The van der Waals surface area contributed by atoms with Gasteiger partial charge >= 0.3 is 5.69 Å². The van der Waals surface area contributed by atoms with Gasteiger partial charge in [-0.15, -0.1) is 0 Å². The molecular weight excluding hydrogens is 376 g/mol. The molecule has 0 fully saturated rings. The first kappa shape index (κ1) is 20.6. The largest absolute Gasteiger partial charge is 0.491 e. The van der Waals surface area contributed by atoms with Crippen molar-refractivity contribution in [1.29, 1.82) is 0 Å². The second-order valence-corrected chi connectivity index (χ2v) is 6.88. The molecule has 0 radical (unpaired) electrons. The van der Waals surface area contributed by atoms with E-state index >= 15 is 0 Å². The van der Waals surface area contributed by atoms with Crippen molar-refractivity contribution in [3.8, 4) is 5.75 Å². The Morgan fingerprint density at radius 3 is 2.72 bits per heavy atom. The van der Waals surface area contributed by atoms with Crippen LogP contribution in [0, 0.1) is 6.92 Å². The zero-order valence-electron chi connectivity index (χ0n) is 16.5. The Balaban J connectivity index is 1.86. The standard InChI is InChI=1S/C19H26N6O4/c1-12-4-6-14(7-5-12)29-11-13(26)10-25-15-16(22-18(25)21-9-3-8-20)24(2)19(28)23-17(15)27/h4-7,13,26H,3,8-11,20H2,1-2H3,(H,21,22)(H,23,27,28)/t13-/m0/s1. The maximum absolute atomic E-state index is 12.4. The number of nitrogens with one attached hydrogen (secondary N) is 2. The van der Waals surface area contributed by atoms with Gasteiger partial charge in [0.25, 0.3) is 5.56 Å². The number of rotatable bonds is 9. The first-order chi connectivity index (χ1) is 13.9. The van der Waals surface area contributed by atoms with Gasteiger partial charge in [0.05, 0.1) is 6.54 Å². The molecule has 10 heteroatoms. The first-order valence-electron chi connectivity index (χ1n) is 9.41. The minimum Gasteiger partial charge on any atom is -0.491 e. The lowest BCUT2D eigenvalue weighted by molar-refractivity contribution is 0.0938. The topological polar surface area (TPSA) is 140 Å².